The van der Waals surface area contributed by atoms with E-state index in [1.54, 1.807) is 10.7 Å². The standard InChI is InChI=1S/C11H10FIN4/c12-7-3-4-9(8(13)5-7)17-10(6-1-2-6)11(14)15-16-17/h3-6H,1-2,14H2. The van der Waals surface area contributed by atoms with Crippen LogP contribution in [-0.2, 0) is 0 Å². The average molecular weight is 344 g/mol. The highest BCUT2D eigenvalue weighted by Gasteiger charge is 2.31. The molecular formula is C11H10FIN4. The molecule has 0 radical (unpaired) electrons. The van der Waals surface area contributed by atoms with Gasteiger partial charge in [0.1, 0.15) is 5.82 Å². The Hall–Kier alpha value is -1.18. The smallest absolute Gasteiger partial charge is 0.169 e. The van der Waals surface area contributed by atoms with E-state index < -0.39 is 0 Å². The summed E-state index contributed by atoms with van der Waals surface area (Å²) in [5.41, 5.74) is 7.61. The van der Waals surface area contributed by atoms with Crippen LogP contribution in [-0.4, -0.2) is 15.0 Å². The van der Waals surface area contributed by atoms with E-state index >= 15 is 0 Å². The number of benzene rings is 1. The highest BCUT2D eigenvalue weighted by molar-refractivity contribution is 14.1. The molecule has 1 saturated carbocycles. The maximum atomic E-state index is 13.1. The average Bonchev–Trinajstić information content (AvgIpc) is 3.03. The van der Waals surface area contributed by atoms with Gasteiger partial charge in [0.05, 0.1) is 11.4 Å². The van der Waals surface area contributed by atoms with Crippen molar-refractivity contribution in [3.05, 3.63) is 33.3 Å². The fraction of sp³-hybridized carbons (Fsp3) is 0.273. The van der Waals surface area contributed by atoms with Gasteiger partial charge < -0.3 is 5.73 Å². The monoisotopic (exact) mass is 344 g/mol. The quantitative estimate of drug-likeness (QED) is 0.852. The SMILES string of the molecule is Nc1nnn(-c2ccc(F)cc2I)c1C1CC1. The minimum atomic E-state index is -0.251. The van der Waals surface area contributed by atoms with Gasteiger partial charge in [0.25, 0.3) is 0 Å². The van der Waals surface area contributed by atoms with Gasteiger partial charge in [0.2, 0.25) is 0 Å². The summed E-state index contributed by atoms with van der Waals surface area (Å²) in [6, 6.07) is 4.60. The first-order chi connectivity index (χ1) is 8.16. The van der Waals surface area contributed by atoms with Crippen LogP contribution in [0.1, 0.15) is 24.5 Å². The molecule has 2 N–H and O–H groups in total. The van der Waals surface area contributed by atoms with E-state index in [2.05, 4.69) is 32.9 Å². The Balaban J connectivity index is 2.14. The molecule has 1 aliphatic carbocycles. The van der Waals surface area contributed by atoms with Crippen molar-refractivity contribution < 1.29 is 4.39 Å². The van der Waals surface area contributed by atoms with Crippen molar-refractivity contribution in [3.8, 4) is 5.69 Å². The predicted molar refractivity (Wildman–Crippen MR) is 70.4 cm³/mol. The molecule has 2 aromatic rings. The second-order valence-corrected chi connectivity index (χ2v) is 5.30. The number of rotatable bonds is 2. The van der Waals surface area contributed by atoms with Crippen molar-refractivity contribution in [2.45, 2.75) is 18.8 Å². The zero-order chi connectivity index (χ0) is 12.0. The van der Waals surface area contributed by atoms with Crippen LogP contribution >= 0.6 is 22.6 Å². The molecule has 0 aliphatic heterocycles. The van der Waals surface area contributed by atoms with Crippen molar-refractivity contribution in [2.75, 3.05) is 5.73 Å². The lowest BCUT2D eigenvalue weighted by molar-refractivity contribution is 0.625. The van der Waals surface area contributed by atoms with Crippen LogP contribution in [0.5, 0.6) is 0 Å². The minimum Gasteiger partial charge on any atom is -0.381 e. The van der Waals surface area contributed by atoms with Crippen LogP contribution in [0.4, 0.5) is 10.2 Å². The maximum Gasteiger partial charge on any atom is 0.169 e. The first-order valence-corrected chi connectivity index (χ1v) is 6.41. The van der Waals surface area contributed by atoms with Gasteiger partial charge in [-0.2, -0.15) is 0 Å². The summed E-state index contributed by atoms with van der Waals surface area (Å²) in [6.07, 6.45) is 2.24. The highest BCUT2D eigenvalue weighted by Crippen LogP contribution is 2.43. The summed E-state index contributed by atoms with van der Waals surface area (Å²) >= 11 is 2.09. The Bertz CT molecular complexity index is 577. The van der Waals surface area contributed by atoms with E-state index in [4.69, 9.17) is 5.73 Å². The second kappa shape index (κ2) is 3.94. The highest BCUT2D eigenvalue weighted by atomic mass is 127. The molecule has 3 rings (SSSR count). The molecule has 1 heterocycles. The third-order valence-corrected chi connectivity index (χ3v) is 3.70. The Morgan fingerprint density at radius 3 is 2.82 bits per heavy atom. The number of hydrogen-bond donors (Lipinski definition) is 1. The van der Waals surface area contributed by atoms with Crippen molar-refractivity contribution in [1.82, 2.24) is 15.0 Å². The van der Waals surface area contributed by atoms with E-state index in [9.17, 15) is 4.39 Å². The number of nitrogens with two attached hydrogens (primary N) is 1. The molecular weight excluding hydrogens is 334 g/mol. The molecule has 0 saturated heterocycles. The number of halogens is 2. The first-order valence-electron chi connectivity index (χ1n) is 5.33. The molecule has 1 aromatic heterocycles. The zero-order valence-corrected chi connectivity index (χ0v) is 11.1. The molecule has 6 heteroatoms. The van der Waals surface area contributed by atoms with Gasteiger partial charge in [-0.3, -0.25) is 0 Å². The Labute approximate surface area is 111 Å². The molecule has 88 valence electrons. The largest absolute Gasteiger partial charge is 0.381 e. The van der Waals surface area contributed by atoms with Gasteiger partial charge >= 0.3 is 0 Å². The predicted octanol–water partition coefficient (Wildman–Crippen LogP) is 2.47. The topological polar surface area (TPSA) is 56.7 Å². The molecule has 1 fully saturated rings. The number of anilines is 1. The van der Waals surface area contributed by atoms with Gasteiger partial charge in [-0.25, -0.2) is 9.07 Å². The fourth-order valence-corrected chi connectivity index (χ4v) is 2.58. The summed E-state index contributed by atoms with van der Waals surface area (Å²) in [7, 11) is 0. The normalized spacial score (nSPS) is 15.2. The minimum absolute atomic E-state index is 0.251. The Kier molecular flexibility index (Phi) is 2.53. The molecule has 17 heavy (non-hydrogen) atoms. The molecule has 0 spiro atoms. The van der Waals surface area contributed by atoms with Gasteiger partial charge in [0, 0.05) is 9.49 Å². The van der Waals surface area contributed by atoms with Crippen LogP contribution < -0.4 is 5.73 Å². The Morgan fingerprint density at radius 2 is 2.18 bits per heavy atom. The lowest BCUT2D eigenvalue weighted by Crippen LogP contribution is -2.04. The van der Waals surface area contributed by atoms with Crippen LogP contribution in [0.15, 0.2) is 18.2 Å². The van der Waals surface area contributed by atoms with Gasteiger partial charge in [-0.05, 0) is 53.6 Å². The summed E-state index contributed by atoms with van der Waals surface area (Å²) in [6.45, 7) is 0. The van der Waals surface area contributed by atoms with Gasteiger partial charge in [-0.1, -0.05) is 5.21 Å². The third kappa shape index (κ3) is 1.90. The molecule has 0 atom stereocenters. The fourth-order valence-electron chi connectivity index (χ4n) is 1.87. The van der Waals surface area contributed by atoms with E-state index in [0.29, 0.717) is 11.7 Å². The van der Waals surface area contributed by atoms with E-state index in [1.165, 1.54) is 12.1 Å². The van der Waals surface area contributed by atoms with E-state index in [0.717, 1.165) is 27.8 Å². The van der Waals surface area contributed by atoms with Crippen molar-refractivity contribution >= 4 is 28.4 Å². The summed E-state index contributed by atoms with van der Waals surface area (Å²) < 4.78 is 15.6. The molecule has 0 amide bonds. The summed E-state index contributed by atoms with van der Waals surface area (Å²) in [4.78, 5) is 0. The summed E-state index contributed by atoms with van der Waals surface area (Å²) in [5.74, 6) is 0.678. The van der Waals surface area contributed by atoms with Crippen LogP contribution in [0.25, 0.3) is 5.69 Å². The lowest BCUT2D eigenvalue weighted by Gasteiger charge is -2.07. The van der Waals surface area contributed by atoms with Crippen molar-refractivity contribution in [3.63, 3.8) is 0 Å². The molecule has 0 unspecified atom stereocenters. The van der Waals surface area contributed by atoms with Crippen LogP contribution in [0.2, 0.25) is 0 Å². The molecule has 1 aromatic carbocycles. The van der Waals surface area contributed by atoms with E-state index in [1.807, 2.05) is 0 Å². The van der Waals surface area contributed by atoms with Crippen LogP contribution in [0, 0.1) is 9.39 Å². The summed E-state index contributed by atoms with van der Waals surface area (Å²) in [5, 5.41) is 7.96. The molecule has 1 aliphatic rings. The first kappa shape index (κ1) is 10.9. The molecule has 0 bridgehead atoms. The van der Waals surface area contributed by atoms with Crippen LogP contribution in [0.3, 0.4) is 0 Å². The third-order valence-electron chi connectivity index (χ3n) is 2.83. The number of hydrogen-bond acceptors (Lipinski definition) is 3. The lowest BCUT2D eigenvalue weighted by atomic mass is 10.2. The maximum absolute atomic E-state index is 13.1. The number of nitrogen functional groups attached to an aromatic ring is 1. The molecule has 4 nitrogen and oxygen atoms in total. The second-order valence-electron chi connectivity index (χ2n) is 4.14. The van der Waals surface area contributed by atoms with Gasteiger partial charge in [-0.15, -0.1) is 5.10 Å². The zero-order valence-electron chi connectivity index (χ0n) is 8.90. The van der Waals surface area contributed by atoms with Crippen molar-refractivity contribution in [1.29, 1.82) is 0 Å². The Morgan fingerprint density at radius 1 is 1.41 bits per heavy atom. The number of nitrogens with zero attached hydrogens (tertiary/aromatic N) is 3. The van der Waals surface area contributed by atoms with E-state index in [-0.39, 0.29) is 5.82 Å². The number of aromatic nitrogens is 3. The van der Waals surface area contributed by atoms with Gasteiger partial charge in [0.15, 0.2) is 5.82 Å². The van der Waals surface area contributed by atoms with Crippen molar-refractivity contribution in [2.24, 2.45) is 0 Å².